The van der Waals surface area contributed by atoms with Gasteiger partial charge in [-0.2, -0.15) is 13.2 Å². The molecule has 6 nitrogen and oxygen atoms in total. The van der Waals surface area contributed by atoms with Crippen LogP contribution in [0, 0.1) is 11.6 Å². The van der Waals surface area contributed by atoms with Gasteiger partial charge in [0.05, 0.1) is 5.69 Å². The molecule has 0 bridgehead atoms. The molecule has 1 heterocycles. The van der Waals surface area contributed by atoms with Gasteiger partial charge in [0.2, 0.25) is 5.91 Å². The first-order valence-corrected chi connectivity index (χ1v) is 9.14. The van der Waals surface area contributed by atoms with Crippen LogP contribution >= 0.6 is 24.0 Å². The van der Waals surface area contributed by atoms with Gasteiger partial charge in [-0.3, -0.25) is 4.79 Å². The van der Waals surface area contributed by atoms with Crippen LogP contribution in [0.15, 0.2) is 23.2 Å². The molecular formula is C18H25F5IN5O. The second kappa shape index (κ2) is 11.5. The highest BCUT2D eigenvalue weighted by Gasteiger charge is 2.31. The lowest BCUT2D eigenvalue weighted by molar-refractivity contribution is -0.157. The van der Waals surface area contributed by atoms with Crippen molar-refractivity contribution in [2.75, 3.05) is 57.8 Å². The summed E-state index contributed by atoms with van der Waals surface area (Å²) in [5.41, 5.74) is 0.176. The van der Waals surface area contributed by atoms with Crippen LogP contribution in [0.4, 0.5) is 27.6 Å². The predicted molar refractivity (Wildman–Crippen MR) is 115 cm³/mol. The smallest absolute Gasteiger partial charge is 0.366 e. The van der Waals surface area contributed by atoms with Crippen molar-refractivity contribution in [3.05, 3.63) is 29.8 Å². The largest absolute Gasteiger partial charge is 0.406 e. The van der Waals surface area contributed by atoms with Gasteiger partial charge in [-0.25, -0.2) is 13.8 Å². The molecule has 0 unspecified atom stereocenters. The Labute approximate surface area is 189 Å². The fourth-order valence-corrected chi connectivity index (χ4v) is 2.93. The van der Waals surface area contributed by atoms with Gasteiger partial charge < -0.3 is 20.0 Å². The van der Waals surface area contributed by atoms with Crippen LogP contribution in [0.5, 0.6) is 0 Å². The molecule has 0 spiro atoms. The molecule has 0 aromatic heterocycles. The van der Waals surface area contributed by atoms with E-state index in [0.717, 1.165) is 25.2 Å². The summed E-state index contributed by atoms with van der Waals surface area (Å²) in [6.45, 7) is 2.21. The van der Waals surface area contributed by atoms with Crippen LogP contribution in [-0.2, 0) is 4.79 Å². The highest BCUT2D eigenvalue weighted by molar-refractivity contribution is 14.0. The lowest BCUT2D eigenvalue weighted by atomic mass is 10.2. The number of piperazine rings is 1. The standard InChI is InChI=1S/C18H24F5N5O.HI/c1-3-24-17(25-11-16(29)26(2)12-18(21,22)23)28-8-6-27(7-9-28)15-10-13(19)4-5-14(15)20;/h4-5,10H,3,6-9,11-12H2,1-2H3,(H,24,25);1H. The van der Waals surface area contributed by atoms with Crippen molar-refractivity contribution in [2.24, 2.45) is 4.99 Å². The maximum absolute atomic E-state index is 14.0. The highest BCUT2D eigenvalue weighted by atomic mass is 127. The third-order valence-corrected chi connectivity index (χ3v) is 4.37. The number of nitrogens with one attached hydrogen (secondary N) is 1. The molecule has 170 valence electrons. The van der Waals surface area contributed by atoms with E-state index in [-0.39, 0.29) is 29.7 Å². The number of hydrogen-bond donors (Lipinski definition) is 1. The number of amides is 1. The number of aliphatic imine (C=N–C) groups is 1. The van der Waals surface area contributed by atoms with Crippen molar-refractivity contribution in [1.82, 2.24) is 15.1 Å². The number of halogens is 6. The lowest BCUT2D eigenvalue weighted by Gasteiger charge is -2.37. The molecule has 1 N–H and O–H groups in total. The number of alkyl halides is 3. The summed E-state index contributed by atoms with van der Waals surface area (Å²) in [4.78, 5) is 20.2. The molecule has 30 heavy (non-hydrogen) atoms. The molecule has 1 aliphatic heterocycles. The van der Waals surface area contributed by atoms with E-state index in [0.29, 0.717) is 43.6 Å². The molecule has 1 saturated heterocycles. The van der Waals surface area contributed by atoms with Crippen molar-refractivity contribution in [1.29, 1.82) is 0 Å². The first-order chi connectivity index (χ1) is 13.6. The van der Waals surface area contributed by atoms with Crippen LogP contribution in [0.25, 0.3) is 0 Å². The van der Waals surface area contributed by atoms with Crippen LogP contribution in [0.1, 0.15) is 6.92 Å². The molecule has 0 atom stereocenters. The molecular weight excluding hydrogens is 524 g/mol. The van der Waals surface area contributed by atoms with Crippen LogP contribution in [-0.4, -0.2) is 80.7 Å². The summed E-state index contributed by atoms with van der Waals surface area (Å²) < 4.78 is 64.6. The van der Waals surface area contributed by atoms with Gasteiger partial charge in [-0.1, -0.05) is 0 Å². The van der Waals surface area contributed by atoms with E-state index in [1.807, 2.05) is 11.8 Å². The molecule has 1 aromatic rings. The van der Waals surface area contributed by atoms with Crippen molar-refractivity contribution >= 4 is 41.5 Å². The highest BCUT2D eigenvalue weighted by Crippen LogP contribution is 2.22. The normalized spacial score (nSPS) is 15.0. The first-order valence-electron chi connectivity index (χ1n) is 9.14. The average Bonchev–Trinajstić information content (AvgIpc) is 2.65. The third-order valence-electron chi connectivity index (χ3n) is 4.37. The van der Waals surface area contributed by atoms with Gasteiger partial charge in [-0.15, -0.1) is 24.0 Å². The van der Waals surface area contributed by atoms with E-state index < -0.39 is 36.8 Å². The van der Waals surface area contributed by atoms with Crippen LogP contribution in [0.3, 0.4) is 0 Å². The zero-order valence-corrected chi connectivity index (χ0v) is 19.0. The summed E-state index contributed by atoms with van der Waals surface area (Å²) in [5.74, 6) is -1.40. The number of hydrogen-bond acceptors (Lipinski definition) is 3. The molecule has 1 fully saturated rings. The second-order valence-corrected chi connectivity index (χ2v) is 6.60. The fraction of sp³-hybridized carbons (Fsp3) is 0.556. The number of anilines is 1. The maximum atomic E-state index is 14.0. The average molecular weight is 549 g/mol. The van der Waals surface area contributed by atoms with Crippen molar-refractivity contribution < 1.29 is 26.7 Å². The Kier molecular flexibility index (Phi) is 10.0. The number of carbonyl (C=O) groups is 1. The van der Waals surface area contributed by atoms with Gasteiger partial charge in [-0.05, 0) is 19.1 Å². The Morgan fingerprint density at radius 1 is 1.20 bits per heavy atom. The van der Waals surface area contributed by atoms with Crippen molar-refractivity contribution in [3.8, 4) is 0 Å². The maximum Gasteiger partial charge on any atom is 0.406 e. The number of likely N-dealkylation sites (N-methyl/N-ethyl adjacent to an activating group) is 1. The Hall–Kier alpha value is -1.86. The summed E-state index contributed by atoms with van der Waals surface area (Å²) >= 11 is 0. The van der Waals surface area contributed by atoms with Crippen molar-refractivity contribution in [2.45, 2.75) is 13.1 Å². The van der Waals surface area contributed by atoms with E-state index in [1.54, 1.807) is 4.90 Å². The number of benzene rings is 1. The molecule has 1 amide bonds. The quantitative estimate of drug-likeness (QED) is 0.266. The number of carbonyl (C=O) groups excluding carboxylic acids is 1. The van der Waals surface area contributed by atoms with E-state index in [9.17, 15) is 26.7 Å². The zero-order valence-electron chi connectivity index (χ0n) is 16.7. The summed E-state index contributed by atoms with van der Waals surface area (Å²) in [7, 11) is 1.07. The van der Waals surface area contributed by atoms with E-state index in [1.165, 1.54) is 0 Å². The third kappa shape index (κ3) is 7.76. The number of guanidine groups is 1. The summed E-state index contributed by atoms with van der Waals surface area (Å²) in [6.07, 6.45) is -4.47. The first kappa shape index (κ1) is 26.2. The molecule has 0 saturated carbocycles. The van der Waals surface area contributed by atoms with E-state index in [2.05, 4.69) is 10.3 Å². The van der Waals surface area contributed by atoms with Gasteiger partial charge in [0.1, 0.15) is 24.7 Å². The lowest BCUT2D eigenvalue weighted by Crippen LogP contribution is -2.53. The predicted octanol–water partition coefficient (Wildman–Crippen LogP) is 2.69. The van der Waals surface area contributed by atoms with Gasteiger partial charge >= 0.3 is 6.18 Å². The summed E-state index contributed by atoms with van der Waals surface area (Å²) in [5, 5.41) is 3.00. The number of rotatable bonds is 5. The molecule has 2 rings (SSSR count). The van der Waals surface area contributed by atoms with Gasteiger partial charge in [0, 0.05) is 45.8 Å². The number of nitrogens with zero attached hydrogens (tertiary/aromatic N) is 4. The molecule has 0 radical (unpaired) electrons. The minimum absolute atomic E-state index is 0. The van der Waals surface area contributed by atoms with Crippen LogP contribution < -0.4 is 10.2 Å². The summed E-state index contributed by atoms with van der Waals surface area (Å²) in [6, 6.07) is 3.27. The van der Waals surface area contributed by atoms with Crippen molar-refractivity contribution in [3.63, 3.8) is 0 Å². The Bertz CT molecular complexity index is 738. The minimum Gasteiger partial charge on any atom is -0.366 e. The SMILES string of the molecule is CCNC(=NCC(=O)N(C)CC(F)(F)F)N1CCN(c2cc(F)ccc2F)CC1.I. The Morgan fingerprint density at radius 2 is 1.83 bits per heavy atom. The fourth-order valence-electron chi connectivity index (χ4n) is 2.93. The van der Waals surface area contributed by atoms with E-state index in [4.69, 9.17) is 0 Å². The topological polar surface area (TPSA) is 51.2 Å². The molecule has 0 aliphatic carbocycles. The monoisotopic (exact) mass is 549 g/mol. The van der Waals surface area contributed by atoms with Gasteiger partial charge in [0.15, 0.2) is 5.96 Å². The Morgan fingerprint density at radius 3 is 2.40 bits per heavy atom. The molecule has 1 aromatic carbocycles. The minimum atomic E-state index is -4.47. The zero-order chi connectivity index (χ0) is 21.6. The molecule has 12 heteroatoms. The van der Waals surface area contributed by atoms with Gasteiger partial charge in [0.25, 0.3) is 0 Å². The van der Waals surface area contributed by atoms with E-state index >= 15 is 0 Å². The molecule has 1 aliphatic rings. The Balaban J connectivity index is 0.00000450. The van der Waals surface area contributed by atoms with Crippen LogP contribution in [0.2, 0.25) is 0 Å². The second-order valence-electron chi connectivity index (χ2n) is 6.60.